The highest BCUT2D eigenvalue weighted by molar-refractivity contribution is 5.96. The molecule has 32 heavy (non-hydrogen) atoms. The van der Waals surface area contributed by atoms with Crippen LogP contribution >= 0.6 is 0 Å². The summed E-state index contributed by atoms with van der Waals surface area (Å²) < 4.78 is 1.86. The van der Waals surface area contributed by atoms with Crippen molar-refractivity contribution in [2.75, 3.05) is 0 Å². The first kappa shape index (κ1) is 20.2. The Morgan fingerprint density at radius 1 is 1.16 bits per heavy atom. The van der Waals surface area contributed by atoms with Crippen LogP contribution in [0.15, 0.2) is 48.4 Å². The number of tetrazole rings is 1. The van der Waals surface area contributed by atoms with Crippen molar-refractivity contribution < 1.29 is 4.79 Å². The van der Waals surface area contributed by atoms with Gasteiger partial charge in [-0.05, 0) is 66.5 Å². The minimum Gasteiger partial charge on any atom is -0.366 e. The lowest BCUT2D eigenvalue weighted by Crippen LogP contribution is -2.40. The number of nitrogens with zero attached hydrogens (tertiary/aromatic N) is 7. The number of hydrogen-bond donors (Lipinski definition) is 1. The molecule has 3 heterocycles. The summed E-state index contributed by atoms with van der Waals surface area (Å²) >= 11 is 0. The third-order valence-corrected chi connectivity index (χ3v) is 5.95. The van der Waals surface area contributed by atoms with Gasteiger partial charge in [0.05, 0.1) is 22.6 Å². The van der Waals surface area contributed by atoms with E-state index in [1.54, 1.807) is 12.4 Å². The van der Waals surface area contributed by atoms with Crippen LogP contribution in [0.4, 0.5) is 0 Å². The summed E-state index contributed by atoms with van der Waals surface area (Å²) in [6.45, 7) is 3.88. The predicted molar refractivity (Wildman–Crippen MR) is 117 cm³/mol. The topological polar surface area (TPSA) is 125 Å². The average molecular weight is 429 g/mol. The summed E-state index contributed by atoms with van der Waals surface area (Å²) in [6, 6.07) is 3.94. The van der Waals surface area contributed by atoms with Gasteiger partial charge >= 0.3 is 0 Å². The van der Waals surface area contributed by atoms with E-state index in [0.717, 1.165) is 46.9 Å². The van der Waals surface area contributed by atoms with Gasteiger partial charge in [-0.15, -0.1) is 5.10 Å². The highest BCUT2D eigenvalue weighted by Gasteiger charge is 2.42. The van der Waals surface area contributed by atoms with Gasteiger partial charge in [-0.25, -0.2) is 4.68 Å². The highest BCUT2D eigenvalue weighted by Crippen LogP contribution is 2.44. The van der Waals surface area contributed by atoms with E-state index in [0.29, 0.717) is 24.3 Å². The number of carbonyl (C=O) groups is 1. The van der Waals surface area contributed by atoms with Crippen LogP contribution in [-0.2, 0) is 16.8 Å². The number of primary amides is 1. The first-order valence-corrected chi connectivity index (χ1v) is 10.7. The number of aryl methyl sites for hydroxylation is 2. The molecule has 3 aromatic rings. The maximum atomic E-state index is 12.4. The molecule has 0 spiro atoms. The summed E-state index contributed by atoms with van der Waals surface area (Å²) in [6.07, 6.45) is 12.2. The van der Waals surface area contributed by atoms with Gasteiger partial charge in [0.15, 0.2) is 5.82 Å². The Morgan fingerprint density at radius 3 is 2.66 bits per heavy atom. The number of amides is 1. The average Bonchev–Trinajstić information content (AvgIpc) is 3.51. The highest BCUT2D eigenvalue weighted by atomic mass is 16.1. The van der Waals surface area contributed by atoms with Crippen LogP contribution in [-0.4, -0.2) is 41.1 Å². The monoisotopic (exact) mass is 428 g/mol. The van der Waals surface area contributed by atoms with Crippen molar-refractivity contribution in [3.63, 3.8) is 0 Å². The number of hydrogen-bond acceptors (Lipinski definition) is 7. The molecule has 3 aromatic heterocycles. The lowest BCUT2D eigenvalue weighted by Gasteiger charge is -2.35. The minimum absolute atomic E-state index is 0.322. The zero-order valence-electron chi connectivity index (χ0n) is 18.1. The molecule has 1 amide bonds. The molecule has 0 bridgehead atoms. The van der Waals surface area contributed by atoms with Gasteiger partial charge in [-0.3, -0.25) is 19.7 Å². The van der Waals surface area contributed by atoms with Gasteiger partial charge in [0.25, 0.3) is 0 Å². The number of rotatable bonds is 6. The Morgan fingerprint density at radius 2 is 2.00 bits per heavy atom. The van der Waals surface area contributed by atoms with Crippen LogP contribution in [0.25, 0.3) is 5.57 Å². The third kappa shape index (κ3) is 3.81. The fourth-order valence-electron chi connectivity index (χ4n) is 4.15. The molecule has 0 aromatic carbocycles. The molecule has 2 aliphatic carbocycles. The standard InChI is InChI=1S/C23H24N8O/c1-14-3-6-20(27-11-14)17-7-18(21(24)32)9-23(8-17,10-19-13-25-15(2)12-26-19)31-22(16-4-5-16)28-29-30-31/h3,6-8,11-13,16H,4-5,9-10H2,1-2H3,(H2,24,32). The quantitative estimate of drug-likeness (QED) is 0.638. The third-order valence-electron chi connectivity index (χ3n) is 5.95. The van der Waals surface area contributed by atoms with Gasteiger partial charge in [0.2, 0.25) is 5.91 Å². The SMILES string of the molecule is Cc1ccc(C2=CC(Cc3cnc(C)cn3)(n3nnnc3C3CC3)CC(C(N)=O)=C2)nc1. The van der Waals surface area contributed by atoms with E-state index in [1.165, 1.54) is 0 Å². The number of aromatic nitrogens is 7. The maximum Gasteiger partial charge on any atom is 0.244 e. The molecule has 0 saturated heterocycles. The fourth-order valence-corrected chi connectivity index (χ4v) is 4.15. The van der Waals surface area contributed by atoms with Gasteiger partial charge in [0.1, 0.15) is 0 Å². The first-order valence-electron chi connectivity index (χ1n) is 10.7. The Bertz CT molecular complexity index is 1220. The Hall–Kier alpha value is -3.75. The largest absolute Gasteiger partial charge is 0.366 e. The van der Waals surface area contributed by atoms with Crippen molar-refractivity contribution >= 4 is 11.5 Å². The van der Waals surface area contributed by atoms with Crippen molar-refractivity contribution in [2.24, 2.45) is 5.73 Å². The smallest absolute Gasteiger partial charge is 0.244 e. The van der Waals surface area contributed by atoms with E-state index in [9.17, 15) is 4.79 Å². The second kappa shape index (κ2) is 7.74. The van der Waals surface area contributed by atoms with E-state index in [-0.39, 0.29) is 0 Å². The lowest BCUT2D eigenvalue weighted by atomic mass is 9.79. The zero-order valence-corrected chi connectivity index (χ0v) is 18.1. The van der Waals surface area contributed by atoms with Crippen LogP contribution < -0.4 is 5.73 Å². The molecule has 1 saturated carbocycles. The molecule has 1 atom stereocenters. The van der Waals surface area contributed by atoms with Crippen LogP contribution in [0.3, 0.4) is 0 Å². The van der Waals surface area contributed by atoms with E-state index in [1.807, 2.05) is 42.9 Å². The van der Waals surface area contributed by atoms with E-state index in [2.05, 4.69) is 36.6 Å². The van der Waals surface area contributed by atoms with Gasteiger partial charge in [0, 0.05) is 42.9 Å². The Labute approximate surface area is 185 Å². The number of pyridine rings is 1. The van der Waals surface area contributed by atoms with E-state index >= 15 is 0 Å². The molecule has 0 radical (unpaired) electrons. The lowest BCUT2D eigenvalue weighted by molar-refractivity contribution is -0.114. The predicted octanol–water partition coefficient (Wildman–Crippen LogP) is 2.19. The Kier molecular flexibility index (Phi) is 4.88. The molecular weight excluding hydrogens is 404 g/mol. The number of allylic oxidation sites excluding steroid dienone is 3. The zero-order chi connectivity index (χ0) is 22.3. The number of carbonyl (C=O) groups excluding carboxylic acids is 1. The fraction of sp³-hybridized carbons (Fsp3) is 0.348. The minimum atomic E-state index is -0.758. The van der Waals surface area contributed by atoms with Crippen molar-refractivity contribution in [1.29, 1.82) is 0 Å². The van der Waals surface area contributed by atoms with Crippen molar-refractivity contribution in [3.8, 4) is 0 Å². The maximum absolute atomic E-state index is 12.4. The molecule has 162 valence electrons. The van der Waals surface area contributed by atoms with Crippen LogP contribution in [0.2, 0.25) is 0 Å². The number of nitrogens with two attached hydrogens (primary N) is 1. The summed E-state index contributed by atoms with van der Waals surface area (Å²) in [5, 5.41) is 12.7. The van der Waals surface area contributed by atoms with E-state index in [4.69, 9.17) is 5.73 Å². The second-order valence-corrected chi connectivity index (χ2v) is 8.68. The molecule has 9 heteroatoms. The summed E-state index contributed by atoms with van der Waals surface area (Å²) in [5.41, 5.74) is 9.78. The van der Waals surface area contributed by atoms with Crippen LogP contribution in [0, 0.1) is 13.8 Å². The molecular formula is C23H24N8O. The second-order valence-electron chi connectivity index (χ2n) is 8.68. The van der Waals surface area contributed by atoms with Gasteiger partial charge < -0.3 is 5.73 Å². The summed E-state index contributed by atoms with van der Waals surface area (Å²) in [5.74, 6) is 0.676. The molecule has 9 nitrogen and oxygen atoms in total. The first-order chi connectivity index (χ1) is 15.4. The molecule has 1 unspecified atom stereocenters. The molecule has 0 aliphatic heterocycles. The molecule has 1 fully saturated rings. The molecule has 2 N–H and O–H groups in total. The summed E-state index contributed by atoms with van der Waals surface area (Å²) in [4.78, 5) is 25.9. The summed E-state index contributed by atoms with van der Waals surface area (Å²) in [7, 11) is 0. The van der Waals surface area contributed by atoms with Crippen LogP contribution in [0.5, 0.6) is 0 Å². The van der Waals surface area contributed by atoms with Crippen molar-refractivity contribution in [3.05, 3.63) is 76.9 Å². The van der Waals surface area contributed by atoms with E-state index < -0.39 is 11.4 Å². The van der Waals surface area contributed by atoms with Gasteiger partial charge in [-0.1, -0.05) is 6.07 Å². The van der Waals surface area contributed by atoms with Gasteiger partial charge in [-0.2, -0.15) is 0 Å². The normalized spacial score (nSPS) is 20.6. The molecule has 2 aliphatic rings. The van der Waals surface area contributed by atoms with Crippen LogP contribution in [0.1, 0.15) is 53.7 Å². The van der Waals surface area contributed by atoms with Crippen molar-refractivity contribution in [2.45, 2.75) is 51.0 Å². The Balaban J connectivity index is 1.69. The molecule has 5 rings (SSSR count). The van der Waals surface area contributed by atoms with Crippen molar-refractivity contribution in [1.82, 2.24) is 35.2 Å².